The lowest BCUT2D eigenvalue weighted by Crippen LogP contribution is -2.45. The summed E-state index contributed by atoms with van der Waals surface area (Å²) in [6.07, 6.45) is 0. The molecule has 1 saturated heterocycles. The van der Waals surface area contributed by atoms with Crippen molar-refractivity contribution >= 4 is 5.97 Å². The first-order valence-electron chi connectivity index (χ1n) is 5.46. The van der Waals surface area contributed by atoms with Crippen LogP contribution in [0.25, 0.3) is 0 Å². The molecule has 4 nitrogen and oxygen atoms in total. The van der Waals surface area contributed by atoms with Crippen molar-refractivity contribution in [3.8, 4) is 0 Å². The average molecular weight is 220 g/mol. The summed E-state index contributed by atoms with van der Waals surface area (Å²) in [6, 6.07) is 9.07. The fourth-order valence-electron chi connectivity index (χ4n) is 1.62. The SMILES string of the molecule is CN1CCN(OC(=O)c2ccccc2)CC1. The molecule has 0 radical (unpaired) electrons. The molecule has 1 aromatic carbocycles. The second-order valence-electron chi connectivity index (χ2n) is 3.98. The highest BCUT2D eigenvalue weighted by molar-refractivity contribution is 5.89. The number of carbonyl (C=O) groups excluding carboxylic acids is 1. The van der Waals surface area contributed by atoms with E-state index < -0.39 is 0 Å². The summed E-state index contributed by atoms with van der Waals surface area (Å²) in [5.74, 6) is -0.273. The summed E-state index contributed by atoms with van der Waals surface area (Å²) in [6.45, 7) is 3.41. The smallest absolute Gasteiger partial charge is 0.357 e. The van der Waals surface area contributed by atoms with Crippen molar-refractivity contribution in [3.63, 3.8) is 0 Å². The predicted molar refractivity (Wildman–Crippen MR) is 60.9 cm³/mol. The number of rotatable bonds is 2. The van der Waals surface area contributed by atoms with E-state index >= 15 is 0 Å². The maximum Gasteiger partial charge on any atom is 0.357 e. The van der Waals surface area contributed by atoms with E-state index in [1.165, 1.54) is 0 Å². The molecule has 0 N–H and O–H groups in total. The van der Waals surface area contributed by atoms with Gasteiger partial charge in [-0.1, -0.05) is 18.2 Å². The maximum atomic E-state index is 11.7. The number of benzene rings is 1. The molecule has 0 atom stereocenters. The third-order valence-corrected chi connectivity index (χ3v) is 2.68. The molecule has 0 aliphatic carbocycles. The first-order chi connectivity index (χ1) is 7.75. The van der Waals surface area contributed by atoms with Gasteiger partial charge in [-0.2, -0.15) is 0 Å². The standard InChI is InChI=1S/C12H16N2O2/c1-13-7-9-14(10-8-13)16-12(15)11-5-3-2-4-6-11/h2-6H,7-10H2,1H3. The van der Waals surface area contributed by atoms with Crippen LogP contribution in [0.15, 0.2) is 30.3 Å². The number of hydroxylamine groups is 2. The molecule has 0 saturated carbocycles. The zero-order valence-corrected chi connectivity index (χ0v) is 9.43. The van der Waals surface area contributed by atoms with Crippen LogP contribution in [0.4, 0.5) is 0 Å². The van der Waals surface area contributed by atoms with Gasteiger partial charge in [0.25, 0.3) is 0 Å². The molecular formula is C12H16N2O2. The molecule has 86 valence electrons. The molecule has 16 heavy (non-hydrogen) atoms. The van der Waals surface area contributed by atoms with Crippen molar-refractivity contribution < 1.29 is 9.63 Å². The Morgan fingerprint density at radius 1 is 1.12 bits per heavy atom. The quantitative estimate of drug-likeness (QED) is 0.744. The molecule has 0 spiro atoms. The number of nitrogens with zero attached hydrogens (tertiary/aromatic N) is 2. The first-order valence-corrected chi connectivity index (χ1v) is 5.46. The van der Waals surface area contributed by atoms with Crippen LogP contribution < -0.4 is 0 Å². The van der Waals surface area contributed by atoms with Crippen LogP contribution in [0.1, 0.15) is 10.4 Å². The molecule has 1 aliphatic rings. The molecule has 0 aromatic heterocycles. The van der Waals surface area contributed by atoms with Gasteiger partial charge in [0.2, 0.25) is 0 Å². The van der Waals surface area contributed by atoms with Crippen LogP contribution in [0.2, 0.25) is 0 Å². The normalized spacial score (nSPS) is 18.3. The van der Waals surface area contributed by atoms with E-state index in [1.807, 2.05) is 18.2 Å². The second-order valence-corrected chi connectivity index (χ2v) is 3.98. The Balaban J connectivity index is 1.88. The van der Waals surface area contributed by atoms with Crippen LogP contribution in [-0.4, -0.2) is 49.2 Å². The van der Waals surface area contributed by atoms with Crippen LogP contribution >= 0.6 is 0 Å². The van der Waals surface area contributed by atoms with Gasteiger partial charge in [0.05, 0.1) is 5.56 Å². The topological polar surface area (TPSA) is 32.8 Å². The second kappa shape index (κ2) is 5.09. The van der Waals surface area contributed by atoms with Gasteiger partial charge in [0.1, 0.15) is 0 Å². The van der Waals surface area contributed by atoms with E-state index in [1.54, 1.807) is 17.2 Å². The van der Waals surface area contributed by atoms with E-state index in [4.69, 9.17) is 4.84 Å². The van der Waals surface area contributed by atoms with Crippen LogP contribution in [0, 0.1) is 0 Å². The Bertz CT molecular complexity index is 345. The minimum atomic E-state index is -0.273. The lowest BCUT2D eigenvalue weighted by Gasteiger charge is -2.30. The molecule has 4 heteroatoms. The van der Waals surface area contributed by atoms with Crippen molar-refractivity contribution in [3.05, 3.63) is 35.9 Å². The Hall–Kier alpha value is -1.39. The molecule has 0 bridgehead atoms. The fraction of sp³-hybridized carbons (Fsp3) is 0.417. The predicted octanol–water partition coefficient (Wildman–Crippen LogP) is 1.01. The lowest BCUT2D eigenvalue weighted by molar-refractivity contribution is -0.127. The molecule has 1 aromatic rings. The van der Waals surface area contributed by atoms with Crippen molar-refractivity contribution in [2.24, 2.45) is 0 Å². The highest BCUT2D eigenvalue weighted by Gasteiger charge is 2.18. The summed E-state index contributed by atoms with van der Waals surface area (Å²) in [5, 5.41) is 1.73. The van der Waals surface area contributed by atoms with Gasteiger partial charge in [-0.3, -0.25) is 0 Å². The van der Waals surface area contributed by atoms with Gasteiger partial charge in [0, 0.05) is 26.2 Å². The zero-order chi connectivity index (χ0) is 11.4. The van der Waals surface area contributed by atoms with Crippen molar-refractivity contribution in [1.82, 2.24) is 9.96 Å². The third kappa shape index (κ3) is 2.81. The largest absolute Gasteiger partial charge is 0.364 e. The molecule has 1 fully saturated rings. The average Bonchev–Trinajstić information content (AvgIpc) is 2.33. The minimum absolute atomic E-state index is 0.273. The monoisotopic (exact) mass is 220 g/mol. The Kier molecular flexibility index (Phi) is 3.54. The number of likely N-dealkylation sites (N-methyl/N-ethyl adjacent to an activating group) is 1. The molecule has 0 amide bonds. The van der Waals surface area contributed by atoms with E-state index in [2.05, 4.69) is 11.9 Å². The van der Waals surface area contributed by atoms with Crippen molar-refractivity contribution in [2.45, 2.75) is 0 Å². The summed E-state index contributed by atoms with van der Waals surface area (Å²) in [4.78, 5) is 19.2. The number of carbonyl (C=O) groups is 1. The summed E-state index contributed by atoms with van der Waals surface area (Å²) in [5.41, 5.74) is 0.599. The van der Waals surface area contributed by atoms with Gasteiger partial charge in [0.15, 0.2) is 0 Å². The van der Waals surface area contributed by atoms with E-state index in [0.717, 1.165) is 26.2 Å². The van der Waals surface area contributed by atoms with Crippen LogP contribution in [0.5, 0.6) is 0 Å². The Morgan fingerprint density at radius 3 is 2.38 bits per heavy atom. The van der Waals surface area contributed by atoms with Crippen LogP contribution in [-0.2, 0) is 4.84 Å². The minimum Gasteiger partial charge on any atom is -0.364 e. The highest BCUT2D eigenvalue weighted by atomic mass is 16.7. The Labute approximate surface area is 95.4 Å². The van der Waals surface area contributed by atoms with Gasteiger partial charge in [-0.15, -0.1) is 5.06 Å². The number of hydrogen-bond acceptors (Lipinski definition) is 4. The summed E-state index contributed by atoms with van der Waals surface area (Å²) < 4.78 is 0. The molecule has 1 heterocycles. The molecule has 2 rings (SSSR count). The number of piperazine rings is 1. The molecular weight excluding hydrogens is 204 g/mol. The first kappa shape index (κ1) is 11.1. The molecule has 0 unspecified atom stereocenters. The lowest BCUT2D eigenvalue weighted by atomic mass is 10.2. The van der Waals surface area contributed by atoms with Gasteiger partial charge in [-0.25, -0.2) is 4.79 Å². The molecule has 1 aliphatic heterocycles. The highest BCUT2D eigenvalue weighted by Crippen LogP contribution is 2.05. The van der Waals surface area contributed by atoms with Gasteiger partial charge < -0.3 is 9.74 Å². The van der Waals surface area contributed by atoms with E-state index in [-0.39, 0.29) is 5.97 Å². The van der Waals surface area contributed by atoms with E-state index in [9.17, 15) is 4.79 Å². The summed E-state index contributed by atoms with van der Waals surface area (Å²) >= 11 is 0. The van der Waals surface area contributed by atoms with Crippen LogP contribution in [0.3, 0.4) is 0 Å². The van der Waals surface area contributed by atoms with Gasteiger partial charge in [-0.05, 0) is 19.2 Å². The zero-order valence-electron chi connectivity index (χ0n) is 9.43. The third-order valence-electron chi connectivity index (χ3n) is 2.68. The van der Waals surface area contributed by atoms with Gasteiger partial charge >= 0.3 is 5.97 Å². The Morgan fingerprint density at radius 2 is 1.75 bits per heavy atom. The van der Waals surface area contributed by atoms with Crippen molar-refractivity contribution in [1.29, 1.82) is 0 Å². The fourth-order valence-corrected chi connectivity index (χ4v) is 1.62. The van der Waals surface area contributed by atoms with Crippen molar-refractivity contribution in [2.75, 3.05) is 33.2 Å². The number of hydrogen-bond donors (Lipinski definition) is 0. The maximum absolute atomic E-state index is 11.7. The van der Waals surface area contributed by atoms with E-state index in [0.29, 0.717) is 5.56 Å². The summed E-state index contributed by atoms with van der Waals surface area (Å²) in [7, 11) is 2.07.